The number of carbonyl (C=O) groups is 8. The molecule has 10 atom stereocenters. The number of likely N-dealkylation sites (tertiary alicyclic amines) is 2. The lowest BCUT2D eigenvalue weighted by molar-refractivity contribution is -0.144. The van der Waals surface area contributed by atoms with Gasteiger partial charge >= 0.3 is 0 Å². The molecule has 2 aliphatic heterocycles. The molecule has 7 rings (SSSR count). The molecule has 2 saturated heterocycles. The van der Waals surface area contributed by atoms with E-state index in [1.165, 1.54) is 9.80 Å². The molecule has 8 amide bonds. The van der Waals surface area contributed by atoms with Crippen molar-refractivity contribution in [2.45, 2.75) is 167 Å². The van der Waals surface area contributed by atoms with Crippen LogP contribution in [0.15, 0.2) is 66.7 Å². The molecule has 2 fully saturated rings. The first-order chi connectivity index (χ1) is 39.7. The van der Waals surface area contributed by atoms with Crippen molar-refractivity contribution in [2.75, 3.05) is 43.4 Å². The van der Waals surface area contributed by atoms with Crippen LogP contribution in [0.2, 0.25) is 0 Å². The molecule has 0 saturated carbocycles. The largest absolute Gasteiger partial charge is 0.347 e. The van der Waals surface area contributed by atoms with Gasteiger partial charge in [-0.15, -0.1) is 0 Å². The molecule has 4 aliphatic rings. The van der Waals surface area contributed by atoms with Crippen molar-refractivity contribution in [3.8, 4) is 0 Å². The lowest BCUT2D eigenvalue weighted by Gasteiger charge is -2.36. The maximum Gasteiger partial charge on any atom is 0.251 e. The average Bonchev–Trinajstić information content (AvgIpc) is 3.23. The van der Waals surface area contributed by atoms with Crippen LogP contribution < -0.4 is 46.2 Å². The zero-order valence-corrected chi connectivity index (χ0v) is 52.4. The summed E-state index contributed by atoms with van der Waals surface area (Å²) in [7, 11) is -6.14. The summed E-state index contributed by atoms with van der Waals surface area (Å²) in [5, 5.41) is 23.4. The van der Waals surface area contributed by atoms with Crippen LogP contribution in [0.25, 0.3) is 0 Å². The third-order valence-electron chi connectivity index (χ3n) is 16.5. The van der Waals surface area contributed by atoms with Gasteiger partial charge in [0.25, 0.3) is 11.8 Å². The molecule has 10 unspecified atom stereocenters. The summed E-state index contributed by atoms with van der Waals surface area (Å²) in [4.78, 5) is 118. The fourth-order valence-electron chi connectivity index (χ4n) is 11.8. The molecular formula is C60H85N11O12S2. The summed E-state index contributed by atoms with van der Waals surface area (Å²) >= 11 is 0. The predicted molar refractivity (Wildman–Crippen MR) is 322 cm³/mol. The minimum atomic E-state index is -4.67. The molecule has 0 aromatic heterocycles. The lowest BCUT2D eigenvalue weighted by Crippen LogP contribution is -2.59. The number of hydrogen-bond acceptors (Lipinski definition) is 14. The highest BCUT2D eigenvalue weighted by Crippen LogP contribution is 2.35. The zero-order valence-electron chi connectivity index (χ0n) is 50.8. The van der Waals surface area contributed by atoms with E-state index in [0.717, 1.165) is 66.1 Å². The molecule has 2 aliphatic carbocycles. The Balaban J connectivity index is 1.21. The van der Waals surface area contributed by atoms with Gasteiger partial charge in [0.05, 0.1) is 42.4 Å². The normalized spacial score (nSPS) is 22.1. The maximum atomic E-state index is 14.9. The summed E-state index contributed by atoms with van der Waals surface area (Å²) in [5.74, 6) is -4.95. The van der Waals surface area contributed by atoms with Gasteiger partial charge in [-0.05, 0) is 131 Å². The van der Waals surface area contributed by atoms with Crippen LogP contribution in [0.3, 0.4) is 0 Å². The van der Waals surface area contributed by atoms with E-state index < -0.39 is 132 Å². The highest BCUT2D eigenvalue weighted by Gasteiger charge is 2.48. The van der Waals surface area contributed by atoms with Gasteiger partial charge in [-0.2, -0.15) is 3.71 Å². The zero-order chi connectivity index (χ0) is 62.7. The van der Waals surface area contributed by atoms with Gasteiger partial charge in [0, 0.05) is 36.3 Å². The summed E-state index contributed by atoms with van der Waals surface area (Å²) in [5.41, 5.74) is 0.969. The Morgan fingerprint density at radius 2 is 0.918 bits per heavy atom. The van der Waals surface area contributed by atoms with Crippen molar-refractivity contribution in [2.24, 2.45) is 10.8 Å². The summed E-state index contributed by atoms with van der Waals surface area (Å²) in [6, 6.07) is 9.98. The van der Waals surface area contributed by atoms with E-state index in [-0.39, 0.29) is 52.9 Å². The van der Waals surface area contributed by atoms with Gasteiger partial charge in [0.2, 0.25) is 55.5 Å². The molecular weight excluding hydrogens is 1130 g/mol. The Morgan fingerprint density at radius 1 is 0.553 bits per heavy atom. The highest BCUT2D eigenvalue weighted by atomic mass is 32.3. The summed E-state index contributed by atoms with van der Waals surface area (Å²) in [6.45, 7) is 13.4. The second-order valence-corrected chi connectivity index (χ2v) is 29.2. The van der Waals surface area contributed by atoms with Crippen LogP contribution in [0, 0.1) is 10.8 Å². The van der Waals surface area contributed by atoms with Crippen LogP contribution >= 0.6 is 0 Å². The molecule has 3 aromatic carbocycles. The lowest BCUT2D eigenvalue weighted by atomic mass is 9.85. The smallest absolute Gasteiger partial charge is 0.251 e. The number of rotatable bonds is 19. The van der Waals surface area contributed by atoms with Crippen molar-refractivity contribution in [1.82, 2.24) is 52.3 Å². The van der Waals surface area contributed by atoms with Gasteiger partial charge in [-0.1, -0.05) is 90.1 Å². The van der Waals surface area contributed by atoms with Gasteiger partial charge in [0.15, 0.2) is 0 Å². The van der Waals surface area contributed by atoms with Gasteiger partial charge in [-0.25, -0.2) is 16.8 Å². The molecule has 23 nitrogen and oxygen atoms in total. The van der Waals surface area contributed by atoms with Crippen LogP contribution in [0.1, 0.15) is 149 Å². The number of hydrogen-bond donors (Lipinski definition) is 8. The second kappa shape index (κ2) is 26.3. The summed E-state index contributed by atoms with van der Waals surface area (Å²) < 4.78 is 53.5. The molecule has 0 radical (unpaired) electrons. The Labute approximate surface area is 499 Å². The van der Waals surface area contributed by atoms with E-state index in [9.17, 15) is 55.2 Å². The van der Waals surface area contributed by atoms with Gasteiger partial charge in [-0.3, -0.25) is 38.4 Å². The number of sulfonamides is 2. The van der Waals surface area contributed by atoms with Gasteiger partial charge < -0.3 is 52.3 Å². The maximum absolute atomic E-state index is 14.9. The molecule has 0 spiro atoms. The number of carbonyl (C=O) groups excluding carboxylic acids is 8. The molecule has 8 N–H and O–H groups in total. The fourth-order valence-corrected chi connectivity index (χ4v) is 14.7. The number of nitrogens with zero attached hydrogens (tertiary/aromatic N) is 3. The number of fused-ring (bicyclic) bond motifs is 2. The molecule has 3 aromatic rings. The minimum absolute atomic E-state index is 0.0821. The first kappa shape index (κ1) is 65.6. The van der Waals surface area contributed by atoms with E-state index in [4.69, 9.17) is 0 Å². The molecule has 2 heterocycles. The van der Waals surface area contributed by atoms with E-state index in [1.54, 1.807) is 69.5 Å². The molecule has 85 heavy (non-hydrogen) atoms. The van der Waals surface area contributed by atoms with Gasteiger partial charge in [0.1, 0.15) is 24.2 Å². The SMILES string of the molecule is CNC(C)C(=O)NC(C(=O)N1CC(NC(=O)c2cc(C(=O)NC3CC(C(=O)NC4CCCc5ccccc54)N(C(=O)C(NC(=O)C(C)NC)C(C)(C)C)C3)cc(N(S(C)(=O)=O)S(C)(=O)=O)c2)CC1C(=O)NC1CCCc2ccccc21)C(C)(C)C. The first-order valence-corrected chi connectivity index (χ1v) is 32.7. The topological polar surface area (TPSA) is 311 Å². The Kier molecular flexibility index (Phi) is 20.3. The molecule has 464 valence electrons. The van der Waals surface area contributed by atoms with Crippen molar-refractivity contribution in [3.63, 3.8) is 0 Å². The van der Waals surface area contributed by atoms with E-state index in [0.29, 0.717) is 25.4 Å². The number of nitrogens with one attached hydrogen (secondary N) is 8. The number of amides is 8. The number of likely N-dealkylation sites (N-methyl/N-ethyl adjacent to an activating group) is 2. The molecule has 25 heteroatoms. The van der Waals surface area contributed by atoms with Crippen molar-refractivity contribution in [3.05, 3.63) is 100 Å². The number of aryl methyl sites for hydroxylation is 2. The third-order valence-corrected chi connectivity index (χ3v) is 19.8. The van der Waals surface area contributed by atoms with Crippen LogP contribution in [-0.4, -0.2) is 162 Å². The van der Waals surface area contributed by atoms with Crippen LogP contribution in [-0.2, 0) is 61.7 Å². The van der Waals surface area contributed by atoms with Crippen molar-refractivity contribution >= 4 is 73.0 Å². The average molecular weight is 1220 g/mol. The first-order valence-electron chi connectivity index (χ1n) is 29.0. The van der Waals surface area contributed by atoms with E-state index >= 15 is 0 Å². The second-order valence-electron chi connectivity index (χ2n) is 25.3. The summed E-state index contributed by atoms with van der Waals surface area (Å²) in [6.07, 6.45) is 5.56. The third kappa shape index (κ3) is 15.5. The number of benzene rings is 3. The van der Waals surface area contributed by atoms with Crippen molar-refractivity contribution in [1.29, 1.82) is 0 Å². The predicted octanol–water partition coefficient (Wildman–Crippen LogP) is 2.48. The van der Waals surface area contributed by atoms with Crippen molar-refractivity contribution < 1.29 is 55.2 Å². The van der Waals surface area contributed by atoms with E-state index in [1.807, 2.05) is 48.5 Å². The minimum Gasteiger partial charge on any atom is -0.347 e. The Hall–Kier alpha value is -6.96. The fraction of sp³-hybridized carbons (Fsp3) is 0.567. The monoisotopic (exact) mass is 1220 g/mol. The Bertz CT molecular complexity index is 3080. The number of anilines is 1. The van der Waals surface area contributed by atoms with Crippen LogP contribution in [0.5, 0.6) is 0 Å². The standard InChI is InChI=1S/C60H85N11O12S2/c1-34(61-9)51(72)67-49(59(3,4)5)57(78)69-32-40(30-47(69)55(76)65-45-25-17-21-36-19-13-15-23-43(36)45)63-53(74)38-27-39(29-42(28-38)71(84(11,80)81)85(12,82)83)54(75)64-41-31-48(56(77)66-46-26-18-22-37-20-14-16-24-44(37)46)70(33-41)58(79)50(60(6,7)8)68-52(73)35(2)62-10/h13-16,19-20,23-24,27-29,34-35,40-41,45-50,61-62H,17-18,21-22,25-26,30-33H2,1-12H3,(H,63,74)(H,64,75)(H,65,76)(H,66,77)(H,67,72)(H,68,73). The molecule has 0 bridgehead atoms. The Morgan fingerprint density at radius 3 is 1.26 bits per heavy atom. The highest BCUT2D eigenvalue weighted by molar-refractivity contribution is 8.09. The quantitative estimate of drug-likeness (QED) is 0.0856. The van der Waals surface area contributed by atoms with Crippen LogP contribution in [0.4, 0.5) is 5.69 Å². The van der Waals surface area contributed by atoms with E-state index in [2.05, 4.69) is 42.5 Å².